The topological polar surface area (TPSA) is 79.8 Å². The van der Waals surface area contributed by atoms with Crippen LogP contribution in [-0.4, -0.2) is 17.0 Å². The van der Waals surface area contributed by atoms with E-state index in [2.05, 4.69) is 20.9 Å². The third-order valence-electron chi connectivity index (χ3n) is 1.50. The second kappa shape index (κ2) is 4.66. The molecule has 14 heavy (non-hydrogen) atoms. The van der Waals surface area contributed by atoms with E-state index in [1.807, 2.05) is 0 Å². The summed E-state index contributed by atoms with van der Waals surface area (Å²) in [4.78, 5) is 14.1. The molecule has 0 saturated heterocycles. The highest BCUT2D eigenvalue weighted by atomic mass is 79.9. The predicted octanol–water partition coefficient (Wildman–Crippen LogP) is 1.36. The van der Waals surface area contributed by atoms with Crippen molar-refractivity contribution in [2.75, 3.05) is 0 Å². The minimum Gasteiger partial charge on any atom is -0.398 e. The minimum atomic E-state index is -0.162. The van der Waals surface area contributed by atoms with Crippen LogP contribution in [-0.2, 0) is 4.79 Å². The monoisotopic (exact) mass is 253 g/mol. The third-order valence-corrected chi connectivity index (χ3v) is 1.97. The van der Waals surface area contributed by atoms with Crippen molar-refractivity contribution in [2.24, 2.45) is 5.73 Å². The van der Waals surface area contributed by atoms with Crippen molar-refractivity contribution in [3.63, 3.8) is 0 Å². The average Bonchev–Trinajstić information content (AvgIpc) is 2.18. The van der Waals surface area contributed by atoms with Crippen molar-refractivity contribution in [2.45, 2.75) is 0 Å². The summed E-state index contributed by atoms with van der Waals surface area (Å²) in [6, 6.07) is 3.49. The molecule has 1 aromatic rings. The molecule has 0 bridgehead atoms. The van der Waals surface area contributed by atoms with Gasteiger partial charge >= 0.3 is 0 Å². The number of carbonyl (C=O) groups excluding carboxylic acids is 1. The summed E-state index contributed by atoms with van der Waals surface area (Å²) >= 11 is 3.19. The Morgan fingerprint density at radius 3 is 2.79 bits per heavy atom. The Morgan fingerprint density at radius 2 is 2.29 bits per heavy atom. The molecule has 0 aliphatic heterocycles. The highest BCUT2D eigenvalue weighted by molar-refractivity contribution is 9.10. The van der Waals surface area contributed by atoms with Crippen molar-refractivity contribution in [1.82, 2.24) is 4.98 Å². The van der Waals surface area contributed by atoms with Gasteiger partial charge in [-0.3, -0.25) is 10.2 Å². The molecule has 0 aromatic carbocycles. The van der Waals surface area contributed by atoms with E-state index in [0.717, 1.165) is 0 Å². The van der Waals surface area contributed by atoms with E-state index in [0.29, 0.717) is 22.1 Å². The summed E-state index contributed by atoms with van der Waals surface area (Å²) in [6.07, 6.45) is 3.28. The lowest BCUT2D eigenvalue weighted by molar-refractivity contribution is -0.102. The number of nitrogens with two attached hydrogens (primary N) is 1. The normalized spacial score (nSPS) is 11.1. The molecule has 0 aliphatic rings. The maximum atomic E-state index is 10.2. The third kappa shape index (κ3) is 2.77. The van der Waals surface area contributed by atoms with Crippen molar-refractivity contribution in [3.8, 4) is 0 Å². The van der Waals surface area contributed by atoms with E-state index in [1.165, 1.54) is 6.08 Å². The fourth-order valence-electron chi connectivity index (χ4n) is 0.831. The van der Waals surface area contributed by atoms with Crippen LogP contribution in [0.25, 0.3) is 5.70 Å². The number of hydrogen-bond acceptors (Lipinski definition) is 4. The van der Waals surface area contributed by atoms with Gasteiger partial charge in [-0.25, -0.2) is 4.98 Å². The van der Waals surface area contributed by atoms with Crippen molar-refractivity contribution in [3.05, 3.63) is 34.6 Å². The fraction of sp³-hybridized carbons (Fsp3) is 0. The van der Waals surface area contributed by atoms with Gasteiger partial charge in [0.2, 0.25) is 0 Å². The van der Waals surface area contributed by atoms with Gasteiger partial charge in [0, 0.05) is 17.5 Å². The first-order valence-electron chi connectivity index (χ1n) is 3.76. The highest BCUT2D eigenvalue weighted by Gasteiger charge is 1.98. The lowest BCUT2D eigenvalue weighted by Gasteiger charge is -1.99. The minimum absolute atomic E-state index is 0.162. The van der Waals surface area contributed by atoms with E-state index in [4.69, 9.17) is 11.1 Å². The molecule has 0 radical (unpaired) electrons. The first kappa shape index (κ1) is 10.6. The molecule has 0 unspecified atom stereocenters. The predicted molar refractivity (Wildman–Crippen MR) is 57.9 cm³/mol. The van der Waals surface area contributed by atoms with Crippen molar-refractivity contribution >= 4 is 33.6 Å². The number of halogens is 1. The molecule has 3 N–H and O–H groups in total. The Kier molecular flexibility index (Phi) is 3.53. The summed E-state index contributed by atoms with van der Waals surface area (Å²) in [5.74, 6) is 0. The molecule has 0 aliphatic carbocycles. The zero-order chi connectivity index (χ0) is 10.6. The van der Waals surface area contributed by atoms with Crippen LogP contribution in [0.15, 0.2) is 29.0 Å². The van der Waals surface area contributed by atoms with E-state index < -0.39 is 0 Å². The van der Waals surface area contributed by atoms with Gasteiger partial charge in [0.25, 0.3) is 0 Å². The molecule has 4 nitrogen and oxygen atoms in total. The van der Waals surface area contributed by atoms with Gasteiger partial charge in [-0.2, -0.15) is 0 Å². The second-order valence-electron chi connectivity index (χ2n) is 2.54. The lowest BCUT2D eigenvalue weighted by Crippen LogP contribution is -2.02. The van der Waals surface area contributed by atoms with E-state index in [1.54, 1.807) is 18.3 Å². The number of pyridine rings is 1. The summed E-state index contributed by atoms with van der Waals surface area (Å²) in [5.41, 5.74) is 6.50. The van der Waals surface area contributed by atoms with Gasteiger partial charge in [0.1, 0.15) is 4.60 Å². The van der Waals surface area contributed by atoms with Crippen LogP contribution in [0.4, 0.5) is 0 Å². The smallest absolute Gasteiger partial charge is 0.167 e. The van der Waals surface area contributed by atoms with Gasteiger partial charge in [-0.05, 0) is 34.1 Å². The summed E-state index contributed by atoms with van der Waals surface area (Å²) in [6.45, 7) is 0. The van der Waals surface area contributed by atoms with E-state index >= 15 is 0 Å². The Labute approximate surface area is 89.5 Å². The lowest BCUT2D eigenvalue weighted by atomic mass is 10.2. The maximum absolute atomic E-state index is 10.2. The Hall–Kier alpha value is -1.49. The van der Waals surface area contributed by atoms with Crippen LogP contribution < -0.4 is 5.73 Å². The van der Waals surface area contributed by atoms with Crippen LogP contribution >= 0.6 is 15.9 Å². The summed E-state index contributed by atoms with van der Waals surface area (Å²) < 4.78 is 0.708. The molecule has 0 saturated carbocycles. The average molecular weight is 254 g/mol. The van der Waals surface area contributed by atoms with Crippen LogP contribution in [0.1, 0.15) is 5.56 Å². The quantitative estimate of drug-likeness (QED) is 0.485. The molecule has 0 atom stereocenters. The standard InChI is InChI=1S/C9H8BrN3O/c10-9-2-1-6(4-13-9)8(12)3-7(11)5-14/h1-5,11H,12H2/b8-3-,11-7?. The molecular formula is C9H8BrN3O. The van der Waals surface area contributed by atoms with E-state index in [-0.39, 0.29) is 5.71 Å². The highest BCUT2D eigenvalue weighted by Crippen LogP contribution is 2.11. The maximum Gasteiger partial charge on any atom is 0.167 e. The fourth-order valence-corrected chi connectivity index (χ4v) is 1.07. The van der Waals surface area contributed by atoms with Gasteiger partial charge in [0.15, 0.2) is 6.29 Å². The van der Waals surface area contributed by atoms with Gasteiger partial charge in [-0.15, -0.1) is 0 Å². The first-order chi connectivity index (χ1) is 6.63. The Morgan fingerprint density at radius 1 is 1.57 bits per heavy atom. The second-order valence-corrected chi connectivity index (χ2v) is 3.35. The zero-order valence-corrected chi connectivity index (χ0v) is 8.78. The SMILES string of the molecule is N=C(C=O)/C=C(\N)c1ccc(Br)nc1. The largest absolute Gasteiger partial charge is 0.398 e. The van der Waals surface area contributed by atoms with Gasteiger partial charge in [0.05, 0.1) is 5.71 Å². The number of carbonyl (C=O) groups is 1. The van der Waals surface area contributed by atoms with Crippen LogP contribution in [0.5, 0.6) is 0 Å². The number of hydrogen-bond donors (Lipinski definition) is 2. The molecular weight excluding hydrogens is 246 g/mol. The van der Waals surface area contributed by atoms with Crippen molar-refractivity contribution < 1.29 is 4.79 Å². The molecule has 0 amide bonds. The number of nitrogens with one attached hydrogen (secondary N) is 1. The molecule has 1 heterocycles. The van der Waals surface area contributed by atoms with Gasteiger partial charge < -0.3 is 5.73 Å². The first-order valence-corrected chi connectivity index (χ1v) is 4.55. The molecule has 5 heteroatoms. The van der Waals surface area contributed by atoms with Crippen LogP contribution in [0.3, 0.4) is 0 Å². The zero-order valence-electron chi connectivity index (χ0n) is 7.20. The Balaban J connectivity index is 2.94. The van der Waals surface area contributed by atoms with Crippen LogP contribution in [0.2, 0.25) is 0 Å². The van der Waals surface area contributed by atoms with Crippen molar-refractivity contribution in [1.29, 1.82) is 5.41 Å². The molecule has 0 fully saturated rings. The van der Waals surface area contributed by atoms with Crippen LogP contribution in [0, 0.1) is 5.41 Å². The van der Waals surface area contributed by atoms with E-state index in [9.17, 15) is 4.79 Å². The number of aromatic nitrogens is 1. The molecule has 1 aromatic heterocycles. The Bertz CT molecular complexity index is 384. The van der Waals surface area contributed by atoms with Gasteiger partial charge in [-0.1, -0.05) is 0 Å². The molecule has 72 valence electrons. The molecule has 1 rings (SSSR count). The number of nitrogens with zero attached hydrogens (tertiary/aromatic N) is 1. The molecule has 0 spiro atoms. The number of rotatable bonds is 3. The summed E-state index contributed by atoms with van der Waals surface area (Å²) in [5, 5.41) is 7.11. The number of aldehydes is 1. The number of allylic oxidation sites excluding steroid dienone is 1. The summed E-state index contributed by atoms with van der Waals surface area (Å²) in [7, 11) is 0.